The minimum Gasteiger partial charge on any atom is -0.618 e. The monoisotopic (exact) mass is 414 g/mol. The largest absolute Gasteiger partial charge is 0.618 e. The molecule has 0 aliphatic heterocycles. The number of hydrogen-bond acceptors (Lipinski definition) is 2. The van der Waals surface area contributed by atoms with E-state index in [0.29, 0.717) is 23.3 Å². The predicted molar refractivity (Wildman–Crippen MR) is 103 cm³/mol. The number of carbonyl (C=O) groups is 1. The Morgan fingerprint density at radius 3 is 2.14 bits per heavy atom. The van der Waals surface area contributed by atoms with Crippen LogP contribution in [0.3, 0.4) is 0 Å². The maximum absolute atomic E-state index is 12.9. The van der Waals surface area contributed by atoms with Gasteiger partial charge < -0.3 is 10.5 Å². The number of hydrogen-bond donors (Lipinski definition) is 1. The smallest absolute Gasteiger partial charge is 0.393 e. The van der Waals surface area contributed by atoms with Crippen molar-refractivity contribution in [3.63, 3.8) is 0 Å². The average Bonchev–Trinajstić information content (AvgIpc) is 2.63. The van der Waals surface area contributed by atoms with Crippen LogP contribution < -0.4 is 10.0 Å². The fourth-order valence-corrected chi connectivity index (χ4v) is 3.62. The number of anilines is 1. The number of nitrogens with one attached hydrogen (secondary N) is 1. The van der Waals surface area contributed by atoms with Crippen molar-refractivity contribution in [1.82, 2.24) is 0 Å². The predicted octanol–water partition coefficient (Wildman–Crippen LogP) is 5.07. The molecular weight excluding hydrogens is 393 g/mol. The Morgan fingerprint density at radius 1 is 1.14 bits per heavy atom. The van der Waals surface area contributed by atoms with Crippen LogP contribution in [0.1, 0.15) is 52.3 Å². The van der Waals surface area contributed by atoms with Gasteiger partial charge in [0.15, 0.2) is 5.69 Å². The third-order valence-corrected chi connectivity index (χ3v) is 5.15. The zero-order valence-corrected chi connectivity index (χ0v) is 16.9. The lowest BCUT2D eigenvalue weighted by Crippen LogP contribution is -2.39. The van der Waals surface area contributed by atoms with E-state index in [1.54, 1.807) is 0 Å². The summed E-state index contributed by atoms with van der Waals surface area (Å²) in [5.74, 6) is -0.703. The van der Waals surface area contributed by atoms with Crippen molar-refractivity contribution >= 4 is 23.2 Å². The van der Waals surface area contributed by atoms with Gasteiger partial charge in [-0.1, -0.05) is 43.6 Å². The quantitative estimate of drug-likeness (QED) is 0.548. The summed E-state index contributed by atoms with van der Waals surface area (Å²) in [7, 11) is 0. The van der Waals surface area contributed by atoms with Crippen molar-refractivity contribution in [2.45, 2.75) is 53.1 Å². The Morgan fingerprint density at radius 2 is 1.68 bits per heavy atom. The van der Waals surface area contributed by atoms with Gasteiger partial charge in [0, 0.05) is 25.1 Å². The first kappa shape index (κ1) is 22.0. The second-order valence-corrected chi connectivity index (χ2v) is 6.92. The molecule has 4 nitrogen and oxygen atoms in total. The van der Waals surface area contributed by atoms with E-state index < -0.39 is 18.5 Å². The maximum Gasteiger partial charge on any atom is 0.393 e. The number of para-hydroxylation sites is 1. The maximum atomic E-state index is 12.9. The molecule has 1 amide bonds. The molecule has 8 heteroatoms. The summed E-state index contributed by atoms with van der Waals surface area (Å²) < 4.78 is 39.1. The van der Waals surface area contributed by atoms with E-state index in [-0.39, 0.29) is 27.5 Å². The first-order valence-electron chi connectivity index (χ1n) is 8.91. The van der Waals surface area contributed by atoms with Crippen LogP contribution in [-0.4, -0.2) is 12.1 Å². The highest BCUT2D eigenvalue weighted by molar-refractivity contribution is 6.35. The average molecular weight is 415 g/mol. The fourth-order valence-electron chi connectivity index (χ4n) is 3.19. The molecule has 0 saturated heterocycles. The highest BCUT2D eigenvalue weighted by atomic mass is 35.5. The fraction of sp³-hybridized carbons (Fsp3) is 0.400. The number of aryl methyl sites for hydroxylation is 2. The van der Waals surface area contributed by atoms with Crippen molar-refractivity contribution in [3.05, 3.63) is 62.1 Å². The number of amides is 1. The van der Waals surface area contributed by atoms with Crippen LogP contribution >= 0.6 is 11.6 Å². The van der Waals surface area contributed by atoms with Crippen LogP contribution in [0.4, 0.5) is 18.9 Å². The molecule has 0 bridgehead atoms. The van der Waals surface area contributed by atoms with E-state index in [2.05, 4.69) is 5.32 Å². The minimum atomic E-state index is -4.56. The summed E-state index contributed by atoms with van der Waals surface area (Å²) in [5.41, 5.74) is 1.54. The molecule has 0 spiro atoms. The lowest BCUT2D eigenvalue weighted by Gasteiger charge is -2.18. The molecule has 152 valence electrons. The molecule has 0 unspecified atom stereocenters. The molecule has 1 aromatic heterocycles. The highest BCUT2D eigenvalue weighted by Gasteiger charge is 2.35. The minimum absolute atomic E-state index is 0.0436. The Labute approximate surface area is 166 Å². The van der Waals surface area contributed by atoms with E-state index in [1.165, 1.54) is 13.8 Å². The molecule has 1 heterocycles. The second-order valence-electron chi connectivity index (χ2n) is 6.54. The standard InChI is InChI=1S/C20H22ClF3N2O2/c1-5-13-8-7-9-14(6-2)18(13)25-19(27)16-12(4)26(28)11(3)15(17(16)21)10-20(22,23)24/h7-9H,5-6,10H2,1-4H3,(H,25,27). The van der Waals surface area contributed by atoms with Crippen LogP contribution in [-0.2, 0) is 19.3 Å². The summed E-state index contributed by atoms with van der Waals surface area (Å²) >= 11 is 6.19. The molecule has 0 saturated carbocycles. The molecular formula is C20H22ClF3N2O2. The lowest BCUT2D eigenvalue weighted by atomic mass is 10.0. The molecule has 1 aromatic carbocycles. The number of aromatic nitrogens is 1. The van der Waals surface area contributed by atoms with Gasteiger partial charge in [-0.2, -0.15) is 17.9 Å². The molecule has 28 heavy (non-hydrogen) atoms. The Hall–Kier alpha value is -2.28. The van der Waals surface area contributed by atoms with Crippen molar-refractivity contribution in [3.8, 4) is 0 Å². The van der Waals surface area contributed by atoms with Crippen LogP contribution in [0.2, 0.25) is 5.02 Å². The zero-order chi connectivity index (χ0) is 21.2. The van der Waals surface area contributed by atoms with Gasteiger partial charge in [-0.05, 0) is 24.0 Å². The van der Waals surface area contributed by atoms with Gasteiger partial charge in [0.2, 0.25) is 5.69 Å². The van der Waals surface area contributed by atoms with Gasteiger partial charge in [0.05, 0.1) is 11.4 Å². The molecule has 2 aromatic rings. The molecule has 1 N–H and O–H groups in total. The Balaban J connectivity index is 2.58. The van der Waals surface area contributed by atoms with Crippen LogP contribution in [0.15, 0.2) is 18.2 Å². The van der Waals surface area contributed by atoms with E-state index in [0.717, 1.165) is 11.1 Å². The number of pyridine rings is 1. The van der Waals surface area contributed by atoms with Crippen LogP contribution in [0.5, 0.6) is 0 Å². The van der Waals surface area contributed by atoms with Gasteiger partial charge in [-0.15, -0.1) is 0 Å². The van der Waals surface area contributed by atoms with Crippen molar-refractivity contribution in [1.29, 1.82) is 0 Å². The SMILES string of the molecule is CCc1cccc(CC)c1NC(=O)c1c(Cl)c(CC(F)(F)F)c(C)[n+]([O-])c1C. The summed E-state index contributed by atoms with van der Waals surface area (Å²) in [6.07, 6.45) is -4.63. The zero-order valence-electron chi connectivity index (χ0n) is 16.1. The number of nitrogens with zero attached hydrogens (tertiary/aromatic N) is 1. The van der Waals surface area contributed by atoms with Gasteiger partial charge in [0.25, 0.3) is 5.91 Å². The molecule has 2 rings (SSSR count). The first-order chi connectivity index (χ1) is 13.0. The Kier molecular flexibility index (Phi) is 6.59. The molecule has 0 atom stereocenters. The summed E-state index contributed by atoms with van der Waals surface area (Å²) in [6.45, 7) is 6.49. The molecule has 0 fully saturated rings. The topological polar surface area (TPSA) is 56.0 Å². The number of benzene rings is 1. The van der Waals surface area contributed by atoms with Crippen LogP contribution in [0.25, 0.3) is 0 Å². The molecule has 0 aliphatic rings. The van der Waals surface area contributed by atoms with E-state index in [1.807, 2.05) is 32.0 Å². The summed E-state index contributed by atoms with van der Waals surface area (Å²) in [4.78, 5) is 12.9. The first-order valence-corrected chi connectivity index (χ1v) is 9.29. The highest BCUT2D eigenvalue weighted by Crippen LogP contribution is 2.32. The van der Waals surface area contributed by atoms with Gasteiger partial charge >= 0.3 is 6.18 Å². The molecule has 0 radical (unpaired) electrons. The van der Waals surface area contributed by atoms with Crippen LogP contribution in [0, 0.1) is 19.1 Å². The van der Waals surface area contributed by atoms with Crippen molar-refractivity contribution < 1.29 is 22.7 Å². The normalized spacial score (nSPS) is 11.6. The van der Waals surface area contributed by atoms with E-state index in [4.69, 9.17) is 11.6 Å². The third kappa shape index (κ3) is 4.41. The summed E-state index contributed by atoms with van der Waals surface area (Å²) in [5, 5.41) is 14.8. The lowest BCUT2D eigenvalue weighted by molar-refractivity contribution is -0.619. The number of carbonyl (C=O) groups excluding carboxylic acids is 1. The number of rotatable bonds is 5. The van der Waals surface area contributed by atoms with Gasteiger partial charge in [0.1, 0.15) is 5.56 Å². The second kappa shape index (κ2) is 8.39. The van der Waals surface area contributed by atoms with Gasteiger partial charge in [-0.25, -0.2) is 0 Å². The number of halogens is 4. The van der Waals surface area contributed by atoms with E-state index in [9.17, 15) is 23.2 Å². The van der Waals surface area contributed by atoms with Crippen molar-refractivity contribution in [2.75, 3.05) is 5.32 Å². The summed E-state index contributed by atoms with van der Waals surface area (Å²) in [6, 6.07) is 5.60. The Bertz CT molecular complexity index is 889. The molecule has 0 aliphatic carbocycles. The van der Waals surface area contributed by atoms with E-state index >= 15 is 0 Å². The third-order valence-electron chi connectivity index (χ3n) is 4.73. The van der Waals surface area contributed by atoms with Gasteiger partial charge in [-0.3, -0.25) is 4.79 Å². The number of alkyl halides is 3. The van der Waals surface area contributed by atoms with Crippen molar-refractivity contribution in [2.24, 2.45) is 0 Å².